The Bertz CT molecular complexity index is 1220. The van der Waals surface area contributed by atoms with Crippen LogP contribution in [0, 0.1) is 5.95 Å². The van der Waals surface area contributed by atoms with Crippen molar-refractivity contribution >= 4 is 27.5 Å². The van der Waals surface area contributed by atoms with Crippen LogP contribution in [0.5, 0.6) is 0 Å². The maximum atomic E-state index is 13.9. The number of halogens is 7. The Hall–Kier alpha value is -3.21. The van der Waals surface area contributed by atoms with Crippen molar-refractivity contribution in [1.82, 2.24) is 15.3 Å². The number of rotatable bonds is 6. The molecule has 3 heterocycles. The van der Waals surface area contributed by atoms with E-state index in [1.54, 1.807) is 0 Å². The van der Waals surface area contributed by atoms with Gasteiger partial charge in [0.1, 0.15) is 0 Å². The molecular weight excluding hydrogens is 527 g/mol. The van der Waals surface area contributed by atoms with Gasteiger partial charge in [-0.05, 0) is 44.1 Å². The molecule has 1 aliphatic rings. The van der Waals surface area contributed by atoms with E-state index in [0.29, 0.717) is 44.3 Å². The maximum absolute atomic E-state index is 13.9. The SMILES string of the molecule is CN(c1cnc(S(=O)(=O)N(OC(=O)C(F)(F)F)c2cccc(F)n2)cc1C(F)(F)F)C1CCNCC1. The number of nitrogens with zero attached hydrogens (tertiary/aromatic N) is 4. The van der Waals surface area contributed by atoms with Gasteiger partial charge in [-0.1, -0.05) is 10.5 Å². The van der Waals surface area contributed by atoms with E-state index < -0.39 is 60.9 Å². The van der Waals surface area contributed by atoms with Crippen LogP contribution >= 0.6 is 0 Å². The highest BCUT2D eigenvalue weighted by Gasteiger charge is 2.46. The van der Waals surface area contributed by atoms with Gasteiger partial charge in [0, 0.05) is 13.1 Å². The second-order valence-electron chi connectivity index (χ2n) is 7.56. The van der Waals surface area contributed by atoms with Crippen LogP contribution in [0.2, 0.25) is 0 Å². The average molecular weight is 545 g/mol. The van der Waals surface area contributed by atoms with Gasteiger partial charge in [-0.25, -0.2) is 9.78 Å². The molecule has 0 saturated carbocycles. The van der Waals surface area contributed by atoms with Gasteiger partial charge in [-0.15, -0.1) is 0 Å². The lowest BCUT2D eigenvalue weighted by Crippen LogP contribution is -2.42. The zero-order valence-corrected chi connectivity index (χ0v) is 19.1. The van der Waals surface area contributed by atoms with E-state index in [4.69, 9.17) is 0 Å². The summed E-state index contributed by atoms with van der Waals surface area (Å²) in [6, 6.07) is 1.94. The minimum Gasteiger partial charge on any atom is -0.370 e. The van der Waals surface area contributed by atoms with Crippen LogP contribution in [-0.2, 0) is 25.8 Å². The van der Waals surface area contributed by atoms with Crippen LogP contribution in [0.4, 0.5) is 42.2 Å². The summed E-state index contributed by atoms with van der Waals surface area (Å²) in [7, 11) is -4.19. The molecule has 0 spiro atoms. The lowest BCUT2D eigenvalue weighted by atomic mass is 10.0. The van der Waals surface area contributed by atoms with E-state index in [1.165, 1.54) is 11.9 Å². The Morgan fingerprint density at radius 1 is 1.14 bits per heavy atom. The fourth-order valence-corrected chi connectivity index (χ4v) is 4.54. The molecule has 0 amide bonds. The highest BCUT2D eigenvalue weighted by Crippen LogP contribution is 2.39. The van der Waals surface area contributed by atoms with E-state index in [0.717, 1.165) is 6.07 Å². The third-order valence-corrected chi connectivity index (χ3v) is 6.62. The van der Waals surface area contributed by atoms with Crippen LogP contribution < -0.4 is 14.7 Å². The fraction of sp³-hybridized carbons (Fsp3) is 0.421. The average Bonchev–Trinajstić information content (AvgIpc) is 2.80. The molecule has 1 aliphatic heterocycles. The van der Waals surface area contributed by atoms with Crippen molar-refractivity contribution < 1.29 is 48.8 Å². The Morgan fingerprint density at radius 3 is 2.33 bits per heavy atom. The first-order valence-corrected chi connectivity index (χ1v) is 11.5. The largest absolute Gasteiger partial charge is 0.493 e. The van der Waals surface area contributed by atoms with Crippen molar-refractivity contribution in [2.24, 2.45) is 0 Å². The predicted octanol–water partition coefficient (Wildman–Crippen LogP) is 3.04. The van der Waals surface area contributed by atoms with Crippen molar-refractivity contribution in [1.29, 1.82) is 0 Å². The number of sulfonamides is 1. The van der Waals surface area contributed by atoms with E-state index >= 15 is 0 Å². The van der Waals surface area contributed by atoms with Crippen molar-refractivity contribution in [3.05, 3.63) is 42.0 Å². The second kappa shape index (κ2) is 10.0. The maximum Gasteiger partial charge on any atom is 0.493 e. The number of pyridine rings is 2. The molecule has 9 nitrogen and oxygen atoms in total. The van der Waals surface area contributed by atoms with Gasteiger partial charge in [0.05, 0.1) is 17.4 Å². The van der Waals surface area contributed by atoms with Crippen LogP contribution in [-0.4, -0.2) is 56.7 Å². The number of hydrogen-bond acceptors (Lipinski definition) is 8. The van der Waals surface area contributed by atoms with Gasteiger partial charge in [0.25, 0.3) is 0 Å². The summed E-state index contributed by atoms with van der Waals surface area (Å²) in [5.74, 6) is -5.59. The van der Waals surface area contributed by atoms with E-state index in [1.807, 2.05) is 0 Å². The summed E-state index contributed by atoms with van der Waals surface area (Å²) in [6.45, 7) is 1.08. The monoisotopic (exact) mass is 545 g/mol. The summed E-state index contributed by atoms with van der Waals surface area (Å²) < 4.78 is 119. The van der Waals surface area contributed by atoms with Gasteiger partial charge in [-0.3, -0.25) is 0 Å². The Kier molecular flexibility index (Phi) is 7.64. The van der Waals surface area contributed by atoms with Crippen molar-refractivity contribution in [2.75, 3.05) is 29.5 Å². The fourth-order valence-electron chi connectivity index (χ4n) is 3.40. The molecule has 17 heteroatoms. The van der Waals surface area contributed by atoms with Crippen LogP contribution in [0.15, 0.2) is 35.5 Å². The Balaban J connectivity index is 2.11. The number of nitrogens with one attached hydrogen (secondary N) is 1. The van der Waals surface area contributed by atoms with Crippen LogP contribution in [0.3, 0.4) is 0 Å². The van der Waals surface area contributed by atoms with Gasteiger partial charge < -0.3 is 15.1 Å². The molecule has 1 saturated heterocycles. The summed E-state index contributed by atoms with van der Waals surface area (Å²) >= 11 is 0. The summed E-state index contributed by atoms with van der Waals surface area (Å²) in [4.78, 5) is 23.1. The molecule has 1 fully saturated rings. The molecule has 0 atom stereocenters. The lowest BCUT2D eigenvalue weighted by Gasteiger charge is -2.34. The first kappa shape index (κ1) is 27.4. The van der Waals surface area contributed by atoms with E-state index in [9.17, 15) is 43.9 Å². The number of anilines is 2. The number of carbonyl (C=O) groups excluding carboxylic acids is 1. The number of alkyl halides is 6. The van der Waals surface area contributed by atoms with E-state index in [2.05, 4.69) is 20.1 Å². The molecule has 198 valence electrons. The Morgan fingerprint density at radius 2 is 1.78 bits per heavy atom. The molecule has 2 aromatic rings. The Labute approximate surface area is 199 Å². The molecule has 1 N–H and O–H groups in total. The number of hydrogen-bond donors (Lipinski definition) is 1. The quantitative estimate of drug-likeness (QED) is 0.336. The molecule has 0 bridgehead atoms. The second-order valence-corrected chi connectivity index (χ2v) is 9.26. The minimum atomic E-state index is -5.70. The number of carbonyl (C=O) groups is 1. The van der Waals surface area contributed by atoms with Crippen molar-refractivity contribution in [2.45, 2.75) is 36.3 Å². The molecular formula is C19H18F7N5O4S. The summed E-state index contributed by atoms with van der Waals surface area (Å²) in [5, 5.41) is 1.63. The highest BCUT2D eigenvalue weighted by atomic mass is 32.2. The van der Waals surface area contributed by atoms with Crippen molar-refractivity contribution in [3.8, 4) is 0 Å². The predicted molar refractivity (Wildman–Crippen MR) is 110 cm³/mol. The molecule has 36 heavy (non-hydrogen) atoms. The number of aromatic nitrogens is 2. The normalized spacial score (nSPS) is 15.4. The third-order valence-electron chi connectivity index (χ3n) is 5.17. The minimum absolute atomic E-state index is 0.0932. The molecule has 0 radical (unpaired) electrons. The zero-order valence-electron chi connectivity index (χ0n) is 18.3. The number of piperidine rings is 1. The first-order chi connectivity index (χ1) is 16.6. The van der Waals surface area contributed by atoms with E-state index in [-0.39, 0.29) is 12.1 Å². The highest BCUT2D eigenvalue weighted by molar-refractivity contribution is 7.92. The lowest BCUT2D eigenvalue weighted by molar-refractivity contribution is -0.199. The van der Waals surface area contributed by atoms with Gasteiger partial charge in [-0.2, -0.15) is 44.1 Å². The topological polar surface area (TPSA) is 105 Å². The molecule has 0 aromatic carbocycles. The summed E-state index contributed by atoms with van der Waals surface area (Å²) in [6.07, 6.45) is -9.23. The van der Waals surface area contributed by atoms with Crippen LogP contribution in [0.25, 0.3) is 0 Å². The zero-order chi connectivity index (χ0) is 26.9. The first-order valence-electron chi connectivity index (χ1n) is 10.1. The van der Waals surface area contributed by atoms with Gasteiger partial charge in [0.15, 0.2) is 10.8 Å². The van der Waals surface area contributed by atoms with Crippen molar-refractivity contribution in [3.63, 3.8) is 0 Å². The standard InChI is InChI=1S/C19H18F7N5O4S/c1-30(11-5-7-27-8-6-11)13-10-28-16(9-12(13)18(21,22)23)36(33,34)31(35-17(32)19(24,25)26)15-4-2-3-14(20)29-15/h2-4,9-11,27H,5-8H2,1H3. The third kappa shape index (κ3) is 5.95. The van der Waals surface area contributed by atoms with Gasteiger partial charge >= 0.3 is 28.3 Å². The summed E-state index contributed by atoms with van der Waals surface area (Å²) in [5.41, 5.74) is -1.93. The smallest absolute Gasteiger partial charge is 0.370 e. The molecule has 2 aromatic heterocycles. The molecule has 0 aliphatic carbocycles. The molecule has 3 rings (SSSR count). The molecule has 0 unspecified atom stereocenters. The van der Waals surface area contributed by atoms with Crippen LogP contribution in [0.1, 0.15) is 18.4 Å². The van der Waals surface area contributed by atoms with Gasteiger partial charge in [0.2, 0.25) is 5.95 Å².